The van der Waals surface area contributed by atoms with Crippen LogP contribution in [0.25, 0.3) is 0 Å². The van der Waals surface area contributed by atoms with E-state index >= 15 is 0 Å². The summed E-state index contributed by atoms with van der Waals surface area (Å²) in [4.78, 5) is 0. The normalized spacial score (nSPS) is 35.8. The minimum absolute atomic E-state index is 0.149. The average Bonchev–Trinajstić information content (AvgIpc) is 2.09. The molecule has 0 N–H and O–H groups in total. The van der Waals surface area contributed by atoms with Crippen LogP contribution >= 0.6 is 23.2 Å². The zero-order chi connectivity index (χ0) is 14.8. The van der Waals surface area contributed by atoms with Gasteiger partial charge in [0.2, 0.25) is 0 Å². The van der Waals surface area contributed by atoms with Gasteiger partial charge in [-0.05, 0) is 0 Å². The van der Waals surface area contributed by atoms with E-state index in [1.54, 1.807) is 0 Å². The number of ether oxygens (including phenoxy) is 1. The van der Waals surface area contributed by atoms with Crippen molar-refractivity contribution in [1.29, 1.82) is 0 Å². The summed E-state index contributed by atoms with van der Waals surface area (Å²) in [6.45, 7) is -0.332. The van der Waals surface area contributed by atoms with Gasteiger partial charge in [-0.3, -0.25) is 4.74 Å². The van der Waals surface area contributed by atoms with Crippen LogP contribution in [0, 0.1) is 5.92 Å². The van der Waals surface area contributed by atoms with E-state index < -0.39 is 34.1 Å². The molecule has 0 spiro atoms. The minimum atomic E-state index is -4.91. The number of hydrogen-bond donors (Lipinski definition) is 0. The van der Waals surface area contributed by atoms with E-state index in [0.29, 0.717) is 0 Å². The van der Waals surface area contributed by atoms with Crippen molar-refractivity contribution in [2.24, 2.45) is 5.92 Å². The Morgan fingerprint density at radius 2 is 1.39 bits per heavy atom. The van der Waals surface area contributed by atoms with Gasteiger partial charge in [-0.2, -0.15) is 8.78 Å². The van der Waals surface area contributed by atoms with Gasteiger partial charge in [-0.15, -0.1) is 0 Å². The molecular weight excluding hydrogens is 316 g/mol. The molecule has 18 heavy (non-hydrogen) atoms. The van der Waals surface area contributed by atoms with Crippen molar-refractivity contribution < 1.29 is 35.5 Å². The van der Waals surface area contributed by atoms with Gasteiger partial charge in [-0.1, -0.05) is 23.2 Å². The topological polar surface area (TPSA) is 9.23 Å². The molecule has 2 atom stereocenters. The van der Waals surface area contributed by atoms with Gasteiger partial charge in [0, 0.05) is 13.8 Å². The van der Waals surface area contributed by atoms with Crippen molar-refractivity contribution in [2.75, 3.05) is 0 Å². The Morgan fingerprint density at radius 1 is 1.00 bits per heavy atom. The molecule has 1 aliphatic rings. The molecule has 0 radical (unpaired) electrons. The standard InChI is InChI=1S/C8H7Cl2F7O/c1-4(11,12)3-6(15,16)8(9,10)18-7(3,17)5(2,13)14/h3H,1-2H3. The summed E-state index contributed by atoms with van der Waals surface area (Å²) in [5.41, 5.74) is 0. The van der Waals surface area contributed by atoms with Crippen molar-refractivity contribution in [3.05, 3.63) is 0 Å². The van der Waals surface area contributed by atoms with Crippen LogP contribution in [-0.2, 0) is 4.74 Å². The molecule has 1 rings (SSSR count). The van der Waals surface area contributed by atoms with Crippen LogP contribution in [0.15, 0.2) is 0 Å². The molecule has 0 amide bonds. The molecule has 1 heterocycles. The van der Waals surface area contributed by atoms with Gasteiger partial charge in [0.05, 0.1) is 0 Å². The number of rotatable bonds is 2. The van der Waals surface area contributed by atoms with Gasteiger partial charge in [0.15, 0.2) is 5.92 Å². The highest BCUT2D eigenvalue weighted by Crippen LogP contribution is 2.65. The maximum atomic E-state index is 13.9. The fourth-order valence-electron chi connectivity index (χ4n) is 1.70. The molecule has 0 aromatic rings. The van der Waals surface area contributed by atoms with Gasteiger partial charge in [0.25, 0.3) is 16.3 Å². The molecule has 2 unspecified atom stereocenters. The smallest absolute Gasteiger partial charge is 0.299 e. The summed E-state index contributed by atoms with van der Waals surface area (Å²) in [7, 11) is 0. The average molecular weight is 323 g/mol. The monoisotopic (exact) mass is 322 g/mol. The summed E-state index contributed by atoms with van der Waals surface area (Å²) < 4.78 is 92.6. The second kappa shape index (κ2) is 3.79. The minimum Gasteiger partial charge on any atom is -0.299 e. The number of halogens is 9. The van der Waals surface area contributed by atoms with Crippen LogP contribution in [0.3, 0.4) is 0 Å². The predicted molar refractivity (Wildman–Crippen MR) is 49.0 cm³/mol. The third-order valence-corrected chi connectivity index (χ3v) is 3.16. The van der Waals surface area contributed by atoms with Crippen molar-refractivity contribution in [1.82, 2.24) is 0 Å². The first kappa shape index (κ1) is 16.1. The quantitative estimate of drug-likeness (QED) is 0.541. The second-order valence-electron chi connectivity index (χ2n) is 4.16. The molecule has 0 bridgehead atoms. The summed E-state index contributed by atoms with van der Waals surface area (Å²) in [6.07, 6.45) is 0. The van der Waals surface area contributed by atoms with E-state index in [-0.39, 0.29) is 13.8 Å². The zero-order valence-corrected chi connectivity index (χ0v) is 10.4. The Balaban J connectivity index is 3.47. The van der Waals surface area contributed by atoms with Crippen molar-refractivity contribution in [3.8, 4) is 0 Å². The molecule has 108 valence electrons. The molecule has 0 aromatic heterocycles. The van der Waals surface area contributed by atoms with Crippen molar-refractivity contribution in [2.45, 2.75) is 42.0 Å². The maximum absolute atomic E-state index is 13.9. The molecule has 10 heteroatoms. The lowest BCUT2D eigenvalue weighted by atomic mass is 9.86. The van der Waals surface area contributed by atoms with E-state index in [4.69, 9.17) is 23.2 Å². The molecule has 1 nitrogen and oxygen atoms in total. The van der Waals surface area contributed by atoms with Gasteiger partial charge >= 0.3 is 11.8 Å². The van der Waals surface area contributed by atoms with Crippen LogP contribution in [-0.4, -0.2) is 28.1 Å². The first-order valence-electron chi connectivity index (χ1n) is 4.48. The van der Waals surface area contributed by atoms with E-state index in [9.17, 15) is 30.7 Å². The molecule has 1 aliphatic heterocycles. The van der Waals surface area contributed by atoms with Gasteiger partial charge in [0.1, 0.15) is 0 Å². The summed E-state index contributed by atoms with van der Waals surface area (Å²) >= 11 is 9.67. The Bertz CT molecular complexity index is 348. The fraction of sp³-hybridized carbons (Fsp3) is 1.00. The first-order valence-corrected chi connectivity index (χ1v) is 5.23. The largest absolute Gasteiger partial charge is 0.319 e. The molecule has 1 fully saturated rings. The lowest BCUT2D eigenvalue weighted by Gasteiger charge is -2.34. The third-order valence-electron chi connectivity index (χ3n) is 2.50. The van der Waals surface area contributed by atoms with Crippen molar-refractivity contribution >= 4 is 23.2 Å². The second-order valence-corrected chi connectivity index (χ2v) is 5.42. The molecular formula is C8H7Cl2F7O. The zero-order valence-electron chi connectivity index (χ0n) is 8.89. The molecule has 0 saturated carbocycles. The Hall–Kier alpha value is 0.0500. The highest BCUT2D eigenvalue weighted by Gasteiger charge is 2.84. The van der Waals surface area contributed by atoms with Crippen LogP contribution in [0.4, 0.5) is 30.7 Å². The Labute approximate surface area is 107 Å². The maximum Gasteiger partial charge on any atom is 0.319 e. The van der Waals surface area contributed by atoms with Gasteiger partial charge in [-0.25, -0.2) is 22.0 Å². The molecule has 1 saturated heterocycles. The molecule has 0 aliphatic carbocycles. The van der Waals surface area contributed by atoms with Crippen LogP contribution in [0.2, 0.25) is 0 Å². The summed E-state index contributed by atoms with van der Waals surface area (Å²) in [5.74, 6) is -22.6. The fourth-order valence-corrected chi connectivity index (χ4v) is 2.14. The number of hydrogen-bond acceptors (Lipinski definition) is 1. The SMILES string of the molecule is CC(F)(F)C1C(F)(F)C(Cl)(Cl)OC1(F)C(C)(F)F. The summed E-state index contributed by atoms with van der Waals surface area (Å²) in [6, 6.07) is 0. The number of alkyl halides is 9. The lowest BCUT2D eigenvalue weighted by molar-refractivity contribution is -0.302. The van der Waals surface area contributed by atoms with Crippen molar-refractivity contribution in [3.63, 3.8) is 0 Å². The highest BCUT2D eigenvalue weighted by atomic mass is 35.5. The highest BCUT2D eigenvalue weighted by molar-refractivity contribution is 6.48. The van der Waals surface area contributed by atoms with E-state index in [1.807, 2.05) is 0 Å². The van der Waals surface area contributed by atoms with E-state index in [2.05, 4.69) is 4.74 Å². The van der Waals surface area contributed by atoms with Gasteiger partial charge < -0.3 is 0 Å². The van der Waals surface area contributed by atoms with Crippen LogP contribution in [0.5, 0.6) is 0 Å². The lowest BCUT2D eigenvalue weighted by Crippen LogP contribution is -2.56. The van der Waals surface area contributed by atoms with E-state index in [1.165, 1.54) is 0 Å². The first-order chi connectivity index (χ1) is 7.57. The van der Waals surface area contributed by atoms with E-state index in [0.717, 1.165) is 0 Å². The Kier molecular flexibility index (Phi) is 3.39. The predicted octanol–water partition coefficient (Wildman–Crippen LogP) is 4.38. The van der Waals surface area contributed by atoms with Crippen LogP contribution in [0.1, 0.15) is 13.8 Å². The van der Waals surface area contributed by atoms with Crippen LogP contribution < -0.4 is 0 Å². The molecule has 0 aromatic carbocycles. The Morgan fingerprint density at radius 3 is 1.61 bits per heavy atom. The third kappa shape index (κ3) is 2.06. The summed E-state index contributed by atoms with van der Waals surface area (Å²) in [5, 5.41) is 0.